The van der Waals surface area contributed by atoms with Crippen molar-refractivity contribution in [1.29, 1.82) is 0 Å². The molecule has 0 aliphatic rings. The van der Waals surface area contributed by atoms with Gasteiger partial charge in [0.1, 0.15) is 13.2 Å². The van der Waals surface area contributed by atoms with Gasteiger partial charge in [0.25, 0.3) is 0 Å². The summed E-state index contributed by atoms with van der Waals surface area (Å²) in [4.78, 5) is 37.8. The van der Waals surface area contributed by atoms with Crippen LogP contribution in [-0.2, 0) is 28.6 Å². The predicted octanol–water partition coefficient (Wildman–Crippen LogP) is 15.8. The van der Waals surface area contributed by atoms with Crippen LogP contribution in [0, 0.1) is 0 Å². The van der Waals surface area contributed by atoms with E-state index in [1.807, 2.05) is 54.7 Å². The monoisotopic (exact) mass is 833 g/mol. The molecule has 6 heteroatoms. The SMILES string of the molecule is CC/C=C/C=C/C=C/C=C/C=C/CCCC(=O)OC(COC(=O)CCCCCCCC/C=C/C/C=C/C/C=C/CC)COC(=O)CCCCCCCCCCCCCCC. The van der Waals surface area contributed by atoms with E-state index in [1.54, 1.807) is 0 Å². The maximum absolute atomic E-state index is 12.7. The van der Waals surface area contributed by atoms with Gasteiger partial charge in [-0.1, -0.05) is 221 Å². The van der Waals surface area contributed by atoms with E-state index >= 15 is 0 Å². The van der Waals surface area contributed by atoms with Gasteiger partial charge in [0.05, 0.1) is 0 Å². The molecule has 0 N–H and O–H groups in total. The first-order chi connectivity index (χ1) is 29.5. The van der Waals surface area contributed by atoms with Gasteiger partial charge in [-0.15, -0.1) is 0 Å². The number of rotatable bonds is 42. The highest BCUT2D eigenvalue weighted by Crippen LogP contribution is 2.14. The van der Waals surface area contributed by atoms with Crippen LogP contribution in [0.25, 0.3) is 0 Å². The van der Waals surface area contributed by atoms with Gasteiger partial charge in [0.15, 0.2) is 6.10 Å². The molecule has 0 bridgehead atoms. The van der Waals surface area contributed by atoms with Gasteiger partial charge in [-0.25, -0.2) is 0 Å². The van der Waals surface area contributed by atoms with Crippen molar-refractivity contribution in [3.63, 3.8) is 0 Å². The van der Waals surface area contributed by atoms with Crippen molar-refractivity contribution in [3.05, 3.63) is 97.2 Å². The Morgan fingerprint density at radius 3 is 1.25 bits per heavy atom. The quantitative estimate of drug-likeness (QED) is 0.0200. The number of carbonyl (C=O) groups excluding carboxylic acids is 3. The number of unbranched alkanes of at least 4 members (excludes halogenated alkanes) is 19. The number of ether oxygens (including phenoxy) is 3. The smallest absolute Gasteiger partial charge is 0.306 e. The highest BCUT2D eigenvalue weighted by molar-refractivity contribution is 5.71. The summed E-state index contributed by atoms with van der Waals surface area (Å²) in [6.45, 7) is 6.29. The molecule has 0 fully saturated rings. The fraction of sp³-hybridized carbons (Fsp3) is 0.648. The maximum atomic E-state index is 12.7. The van der Waals surface area contributed by atoms with Crippen LogP contribution >= 0.6 is 0 Å². The minimum absolute atomic E-state index is 0.110. The molecule has 0 amide bonds. The molecule has 0 aromatic rings. The summed E-state index contributed by atoms with van der Waals surface area (Å²) < 4.78 is 16.7. The maximum Gasteiger partial charge on any atom is 0.306 e. The summed E-state index contributed by atoms with van der Waals surface area (Å²) >= 11 is 0. The van der Waals surface area contributed by atoms with Crippen LogP contribution in [0.1, 0.15) is 207 Å². The van der Waals surface area contributed by atoms with Crippen molar-refractivity contribution in [3.8, 4) is 0 Å². The van der Waals surface area contributed by atoms with Crippen LogP contribution in [-0.4, -0.2) is 37.2 Å². The molecule has 0 saturated carbocycles. The van der Waals surface area contributed by atoms with E-state index in [0.29, 0.717) is 19.3 Å². The number of hydrogen-bond donors (Lipinski definition) is 0. The average Bonchev–Trinajstić information content (AvgIpc) is 3.24. The highest BCUT2D eigenvalue weighted by atomic mass is 16.6. The molecule has 0 spiro atoms. The standard InChI is InChI=1S/C54H88O6/c1-4-7-10-13-16-19-22-25-26-27-30-32-35-38-41-44-47-53(56)59-50-51(60-54(57)48-45-42-39-36-33-29-24-21-18-15-12-9-6-3)49-58-52(55)46-43-40-37-34-31-28-23-20-17-14-11-8-5-2/h7,9-10,12,15-16,18-19,21,24-26,29,33,36,39,51H,4-6,8,11,13-14,17,20,22-23,27-28,30-32,34-35,37-38,40-50H2,1-3H3/b10-7+,12-9+,18-15+,19-16+,24-21+,26-25+,33-29+,39-36+. The van der Waals surface area contributed by atoms with Crippen molar-refractivity contribution < 1.29 is 28.6 Å². The molecule has 1 unspecified atom stereocenters. The van der Waals surface area contributed by atoms with Gasteiger partial charge in [-0.2, -0.15) is 0 Å². The van der Waals surface area contributed by atoms with Crippen LogP contribution in [0.5, 0.6) is 0 Å². The Morgan fingerprint density at radius 2 is 0.750 bits per heavy atom. The van der Waals surface area contributed by atoms with Crippen LogP contribution in [0.3, 0.4) is 0 Å². The zero-order valence-electron chi connectivity index (χ0n) is 38.7. The summed E-state index contributed by atoms with van der Waals surface area (Å²) in [7, 11) is 0. The number of esters is 3. The molecular weight excluding hydrogens is 745 g/mol. The first-order valence-electron chi connectivity index (χ1n) is 24.3. The Hall–Kier alpha value is -3.67. The predicted molar refractivity (Wildman–Crippen MR) is 256 cm³/mol. The summed E-state index contributed by atoms with van der Waals surface area (Å²) in [6, 6.07) is 0. The van der Waals surface area contributed by atoms with Gasteiger partial charge in [-0.3, -0.25) is 14.4 Å². The van der Waals surface area contributed by atoms with Crippen LogP contribution in [0.2, 0.25) is 0 Å². The number of hydrogen-bond acceptors (Lipinski definition) is 6. The molecule has 60 heavy (non-hydrogen) atoms. The van der Waals surface area contributed by atoms with E-state index in [0.717, 1.165) is 83.5 Å². The van der Waals surface area contributed by atoms with Gasteiger partial charge in [-0.05, 0) is 64.2 Å². The second-order valence-electron chi connectivity index (χ2n) is 15.7. The van der Waals surface area contributed by atoms with Gasteiger partial charge in [0.2, 0.25) is 0 Å². The first kappa shape index (κ1) is 56.3. The minimum atomic E-state index is -0.818. The minimum Gasteiger partial charge on any atom is -0.462 e. The van der Waals surface area contributed by atoms with E-state index in [1.165, 1.54) is 77.0 Å². The zero-order valence-corrected chi connectivity index (χ0v) is 38.7. The van der Waals surface area contributed by atoms with Crippen molar-refractivity contribution in [2.45, 2.75) is 213 Å². The van der Waals surface area contributed by atoms with Crippen molar-refractivity contribution in [2.75, 3.05) is 13.2 Å². The molecule has 0 aliphatic carbocycles. The zero-order chi connectivity index (χ0) is 43.7. The van der Waals surface area contributed by atoms with Crippen LogP contribution in [0.4, 0.5) is 0 Å². The van der Waals surface area contributed by atoms with E-state index in [2.05, 4.69) is 63.3 Å². The van der Waals surface area contributed by atoms with E-state index in [-0.39, 0.29) is 37.5 Å². The lowest BCUT2D eigenvalue weighted by molar-refractivity contribution is -0.167. The molecule has 0 aromatic heterocycles. The lowest BCUT2D eigenvalue weighted by Gasteiger charge is -2.18. The molecule has 0 saturated heterocycles. The average molecular weight is 833 g/mol. The third kappa shape index (κ3) is 45.4. The molecule has 0 rings (SSSR count). The van der Waals surface area contributed by atoms with E-state index < -0.39 is 6.10 Å². The fourth-order valence-corrected chi connectivity index (χ4v) is 6.37. The van der Waals surface area contributed by atoms with Gasteiger partial charge in [0, 0.05) is 19.3 Å². The molecule has 0 aliphatic heterocycles. The normalized spacial score (nSPS) is 12.9. The van der Waals surface area contributed by atoms with E-state index in [4.69, 9.17) is 14.2 Å². The fourth-order valence-electron chi connectivity index (χ4n) is 6.37. The first-order valence-corrected chi connectivity index (χ1v) is 24.3. The largest absolute Gasteiger partial charge is 0.462 e. The lowest BCUT2D eigenvalue weighted by Crippen LogP contribution is -2.30. The Balaban J connectivity index is 4.50. The van der Waals surface area contributed by atoms with Gasteiger partial charge < -0.3 is 14.2 Å². The van der Waals surface area contributed by atoms with Crippen molar-refractivity contribution in [1.82, 2.24) is 0 Å². The number of allylic oxidation sites excluding steroid dienone is 16. The molecule has 340 valence electrons. The summed E-state index contributed by atoms with van der Waals surface area (Å²) in [5, 5.41) is 0. The van der Waals surface area contributed by atoms with Crippen molar-refractivity contribution in [2.24, 2.45) is 0 Å². The second-order valence-corrected chi connectivity index (χ2v) is 15.7. The summed E-state index contributed by atoms with van der Waals surface area (Å²) in [5.74, 6) is -1.00. The summed E-state index contributed by atoms with van der Waals surface area (Å²) in [5.41, 5.74) is 0. The third-order valence-electron chi connectivity index (χ3n) is 9.96. The third-order valence-corrected chi connectivity index (χ3v) is 9.96. The lowest BCUT2D eigenvalue weighted by atomic mass is 10.0. The Morgan fingerprint density at radius 1 is 0.367 bits per heavy atom. The highest BCUT2D eigenvalue weighted by Gasteiger charge is 2.19. The van der Waals surface area contributed by atoms with E-state index in [9.17, 15) is 14.4 Å². The van der Waals surface area contributed by atoms with Gasteiger partial charge >= 0.3 is 17.9 Å². The Labute approximate surface area is 368 Å². The Bertz CT molecular complexity index is 1230. The topological polar surface area (TPSA) is 78.9 Å². The summed E-state index contributed by atoms with van der Waals surface area (Å²) in [6.07, 6.45) is 62.5. The molecule has 0 heterocycles. The molecule has 6 nitrogen and oxygen atoms in total. The molecule has 0 aromatic carbocycles. The van der Waals surface area contributed by atoms with Crippen molar-refractivity contribution >= 4 is 17.9 Å². The molecule has 1 atom stereocenters. The number of carbonyl (C=O) groups is 3. The van der Waals surface area contributed by atoms with Crippen LogP contribution < -0.4 is 0 Å². The molecular formula is C54H88O6. The van der Waals surface area contributed by atoms with Crippen LogP contribution in [0.15, 0.2) is 97.2 Å². The Kier molecular flexibility index (Phi) is 45.1. The molecule has 0 radical (unpaired) electrons. The second kappa shape index (κ2) is 48.0.